The van der Waals surface area contributed by atoms with Gasteiger partial charge in [0.2, 0.25) is 0 Å². The lowest BCUT2D eigenvalue weighted by Gasteiger charge is -2.25. The van der Waals surface area contributed by atoms with Gasteiger partial charge in [-0.15, -0.1) is 0 Å². The Morgan fingerprint density at radius 2 is 2.43 bits per heavy atom. The zero-order valence-corrected chi connectivity index (χ0v) is 8.49. The highest BCUT2D eigenvalue weighted by Crippen LogP contribution is 2.24. The van der Waals surface area contributed by atoms with E-state index < -0.39 is 0 Å². The van der Waals surface area contributed by atoms with Crippen LogP contribution in [0.1, 0.15) is 24.8 Å². The topological polar surface area (TPSA) is 34.2 Å². The summed E-state index contributed by atoms with van der Waals surface area (Å²) < 4.78 is 5.73. The molecule has 1 saturated carbocycles. The van der Waals surface area contributed by atoms with Crippen LogP contribution in [0.25, 0.3) is 0 Å². The number of nitrogens with zero attached hydrogens (tertiary/aromatic N) is 1. The van der Waals surface area contributed by atoms with E-state index >= 15 is 0 Å². The van der Waals surface area contributed by atoms with Crippen LogP contribution in [0.15, 0.2) is 18.3 Å². The summed E-state index contributed by atoms with van der Waals surface area (Å²) in [4.78, 5) is 4.23. The van der Waals surface area contributed by atoms with Crippen LogP contribution in [0.2, 0.25) is 0 Å². The van der Waals surface area contributed by atoms with E-state index in [0.717, 1.165) is 11.4 Å². The number of nitrogens with one attached hydrogen (secondary N) is 1. The molecule has 0 bridgehead atoms. The van der Waals surface area contributed by atoms with Crippen molar-refractivity contribution in [2.75, 3.05) is 12.4 Å². The fourth-order valence-corrected chi connectivity index (χ4v) is 1.53. The fourth-order valence-electron chi connectivity index (χ4n) is 1.53. The van der Waals surface area contributed by atoms with E-state index in [1.807, 2.05) is 13.1 Å². The Morgan fingerprint density at radius 3 is 3.07 bits per heavy atom. The van der Waals surface area contributed by atoms with Crippen molar-refractivity contribution in [1.82, 2.24) is 4.98 Å². The second-order valence-electron chi connectivity index (χ2n) is 3.63. The minimum atomic E-state index is 0.486. The van der Waals surface area contributed by atoms with Crippen LogP contribution in [0.3, 0.4) is 0 Å². The molecular formula is C11H16N2O. The predicted molar refractivity (Wildman–Crippen MR) is 56.2 cm³/mol. The Morgan fingerprint density at radius 1 is 1.57 bits per heavy atom. The number of hydrogen-bond acceptors (Lipinski definition) is 3. The van der Waals surface area contributed by atoms with Crippen LogP contribution >= 0.6 is 0 Å². The molecule has 0 spiro atoms. The van der Waals surface area contributed by atoms with Crippen molar-refractivity contribution >= 4 is 5.82 Å². The zero-order chi connectivity index (χ0) is 9.80. The third-order valence-electron chi connectivity index (χ3n) is 2.65. The molecule has 1 aromatic heterocycles. The lowest BCUT2D eigenvalue weighted by Crippen LogP contribution is -2.21. The molecule has 76 valence electrons. The molecule has 0 aromatic carbocycles. The average molecular weight is 192 g/mol. The number of ether oxygens (including phenoxy) is 1. The molecule has 3 nitrogen and oxygen atoms in total. The predicted octanol–water partition coefficient (Wildman–Crippen LogP) is 2.19. The van der Waals surface area contributed by atoms with Crippen molar-refractivity contribution in [3.05, 3.63) is 23.9 Å². The zero-order valence-electron chi connectivity index (χ0n) is 8.49. The molecule has 0 radical (unpaired) electrons. The molecule has 0 amide bonds. The van der Waals surface area contributed by atoms with E-state index in [9.17, 15) is 0 Å². The van der Waals surface area contributed by atoms with Gasteiger partial charge in [-0.25, -0.2) is 4.98 Å². The molecule has 0 aliphatic heterocycles. The first-order valence-corrected chi connectivity index (χ1v) is 5.13. The van der Waals surface area contributed by atoms with Crippen molar-refractivity contribution in [2.24, 2.45) is 0 Å². The summed E-state index contributed by atoms with van der Waals surface area (Å²) in [5.41, 5.74) is 1.14. The fraction of sp³-hybridized carbons (Fsp3) is 0.545. The molecule has 0 unspecified atom stereocenters. The molecule has 1 heterocycles. The minimum Gasteiger partial charge on any atom is -0.373 e. The second-order valence-corrected chi connectivity index (χ2v) is 3.63. The summed E-state index contributed by atoms with van der Waals surface area (Å²) in [6.45, 7) is 0.675. The van der Waals surface area contributed by atoms with Gasteiger partial charge in [-0.3, -0.25) is 0 Å². The van der Waals surface area contributed by atoms with E-state index in [1.165, 1.54) is 19.3 Å². The van der Waals surface area contributed by atoms with Gasteiger partial charge in [-0.2, -0.15) is 0 Å². The maximum Gasteiger partial charge on any atom is 0.131 e. The van der Waals surface area contributed by atoms with Gasteiger partial charge in [0, 0.05) is 18.8 Å². The Kier molecular flexibility index (Phi) is 2.99. The number of aromatic nitrogens is 1. The monoisotopic (exact) mass is 192 g/mol. The van der Waals surface area contributed by atoms with Crippen LogP contribution < -0.4 is 5.32 Å². The van der Waals surface area contributed by atoms with Crippen LogP contribution in [0.5, 0.6) is 0 Å². The van der Waals surface area contributed by atoms with E-state index in [2.05, 4.69) is 16.4 Å². The number of hydrogen-bond donors (Lipinski definition) is 1. The van der Waals surface area contributed by atoms with Crippen LogP contribution in [0, 0.1) is 0 Å². The van der Waals surface area contributed by atoms with Crippen molar-refractivity contribution in [1.29, 1.82) is 0 Å². The summed E-state index contributed by atoms with van der Waals surface area (Å²) in [5, 5.41) is 3.06. The summed E-state index contributed by atoms with van der Waals surface area (Å²) in [6, 6.07) is 4.00. The first-order chi connectivity index (χ1) is 6.90. The summed E-state index contributed by atoms with van der Waals surface area (Å²) >= 11 is 0. The molecule has 0 saturated heterocycles. The van der Waals surface area contributed by atoms with Gasteiger partial charge in [-0.1, -0.05) is 6.07 Å². The highest BCUT2D eigenvalue weighted by atomic mass is 16.5. The highest BCUT2D eigenvalue weighted by molar-refractivity contribution is 5.42. The quantitative estimate of drug-likeness (QED) is 0.794. The molecule has 3 heteroatoms. The average Bonchev–Trinajstić information content (AvgIpc) is 2.16. The first-order valence-electron chi connectivity index (χ1n) is 5.13. The normalized spacial score (nSPS) is 16.4. The Bertz CT molecular complexity index is 297. The molecule has 2 rings (SSSR count). The van der Waals surface area contributed by atoms with E-state index in [4.69, 9.17) is 4.74 Å². The molecule has 1 fully saturated rings. The van der Waals surface area contributed by atoms with E-state index in [-0.39, 0.29) is 0 Å². The smallest absolute Gasteiger partial charge is 0.131 e. The largest absolute Gasteiger partial charge is 0.373 e. The van der Waals surface area contributed by atoms with Crippen molar-refractivity contribution in [3.8, 4) is 0 Å². The van der Waals surface area contributed by atoms with Gasteiger partial charge >= 0.3 is 0 Å². The third kappa shape index (κ3) is 2.04. The molecule has 14 heavy (non-hydrogen) atoms. The first kappa shape index (κ1) is 9.46. The van der Waals surface area contributed by atoms with Gasteiger partial charge in [0.05, 0.1) is 12.7 Å². The Labute approximate surface area is 84.5 Å². The van der Waals surface area contributed by atoms with Crippen molar-refractivity contribution in [3.63, 3.8) is 0 Å². The van der Waals surface area contributed by atoms with Gasteiger partial charge in [0.1, 0.15) is 5.82 Å². The standard InChI is InChI=1S/C11H16N2O/c1-12-11-9(4-3-7-13-11)8-14-10-5-2-6-10/h3-4,7,10H,2,5-6,8H2,1H3,(H,12,13). The van der Waals surface area contributed by atoms with E-state index in [0.29, 0.717) is 12.7 Å². The van der Waals surface area contributed by atoms with Crippen LogP contribution in [-0.4, -0.2) is 18.1 Å². The lowest BCUT2D eigenvalue weighted by molar-refractivity contribution is -0.00851. The van der Waals surface area contributed by atoms with Gasteiger partial charge < -0.3 is 10.1 Å². The Balaban J connectivity index is 1.93. The summed E-state index contributed by atoms with van der Waals surface area (Å²) in [5.74, 6) is 0.923. The van der Waals surface area contributed by atoms with Gasteiger partial charge in [0.15, 0.2) is 0 Å². The number of rotatable bonds is 4. The maximum atomic E-state index is 5.73. The van der Waals surface area contributed by atoms with Gasteiger partial charge in [-0.05, 0) is 25.3 Å². The second kappa shape index (κ2) is 4.42. The van der Waals surface area contributed by atoms with E-state index in [1.54, 1.807) is 6.20 Å². The lowest BCUT2D eigenvalue weighted by atomic mass is 9.96. The SMILES string of the molecule is CNc1ncccc1COC1CCC1. The molecular weight excluding hydrogens is 176 g/mol. The van der Waals surface area contributed by atoms with Crippen molar-refractivity contribution in [2.45, 2.75) is 32.0 Å². The summed E-state index contributed by atoms with van der Waals surface area (Å²) in [7, 11) is 1.88. The van der Waals surface area contributed by atoms with Crippen LogP contribution in [0.4, 0.5) is 5.82 Å². The molecule has 1 aromatic rings. The molecule has 1 aliphatic rings. The van der Waals surface area contributed by atoms with Gasteiger partial charge in [0.25, 0.3) is 0 Å². The minimum absolute atomic E-state index is 0.486. The number of pyridine rings is 1. The third-order valence-corrected chi connectivity index (χ3v) is 2.65. The molecule has 1 N–H and O–H groups in total. The molecule has 1 aliphatic carbocycles. The summed E-state index contributed by atoms with van der Waals surface area (Å²) in [6.07, 6.45) is 6.03. The Hall–Kier alpha value is -1.09. The highest BCUT2D eigenvalue weighted by Gasteiger charge is 2.18. The molecule has 0 atom stereocenters. The van der Waals surface area contributed by atoms with Crippen molar-refractivity contribution < 1.29 is 4.74 Å². The van der Waals surface area contributed by atoms with Crippen LogP contribution in [-0.2, 0) is 11.3 Å². The number of anilines is 1. The maximum absolute atomic E-state index is 5.73.